The number of benzene rings is 2. The zero-order valence-electron chi connectivity index (χ0n) is 15.1. The molecule has 0 radical (unpaired) electrons. The van der Waals surface area contributed by atoms with Crippen LogP contribution in [0.15, 0.2) is 48.5 Å². The summed E-state index contributed by atoms with van der Waals surface area (Å²) in [4.78, 5) is 12.7. The van der Waals surface area contributed by atoms with Crippen molar-refractivity contribution in [1.82, 2.24) is 9.78 Å². The maximum Gasteiger partial charge on any atom is 0.229 e. The fraction of sp³-hybridized carbons (Fsp3) is 0.300. The number of carbonyl (C=O) groups is 1. The van der Waals surface area contributed by atoms with Gasteiger partial charge in [-0.05, 0) is 29.7 Å². The highest BCUT2D eigenvalue weighted by molar-refractivity contribution is 7.91. The van der Waals surface area contributed by atoms with Crippen molar-refractivity contribution in [2.75, 3.05) is 16.8 Å². The van der Waals surface area contributed by atoms with Crippen LogP contribution in [0.1, 0.15) is 23.7 Å². The quantitative estimate of drug-likeness (QED) is 0.751. The molecule has 140 valence electrons. The monoisotopic (exact) mass is 383 g/mol. The van der Waals surface area contributed by atoms with Gasteiger partial charge in [0.1, 0.15) is 5.82 Å². The van der Waals surface area contributed by atoms with Crippen LogP contribution < -0.4 is 5.32 Å². The van der Waals surface area contributed by atoms with E-state index in [-0.39, 0.29) is 29.9 Å². The molecule has 1 unspecified atom stereocenters. The van der Waals surface area contributed by atoms with E-state index in [2.05, 4.69) is 10.4 Å². The fourth-order valence-corrected chi connectivity index (χ4v) is 5.36. The molecular weight excluding hydrogens is 362 g/mol. The van der Waals surface area contributed by atoms with Crippen LogP contribution in [0, 0.1) is 6.92 Å². The molecule has 6 nitrogen and oxygen atoms in total. The van der Waals surface area contributed by atoms with Crippen molar-refractivity contribution in [1.29, 1.82) is 0 Å². The molecule has 7 heteroatoms. The number of carbonyl (C=O) groups excluding carboxylic acids is 1. The Labute approximate surface area is 158 Å². The summed E-state index contributed by atoms with van der Waals surface area (Å²) in [5.74, 6) is 0.647. The lowest BCUT2D eigenvalue weighted by Crippen LogP contribution is -2.20. The molecule has 3 aromatic rings. The van der Waals surface area contributed by atoms with Crippen molar-refractivity contribution in [2.45, 2.75) is 25.8 Å². The van der Waals surface area contributed by atoms with E-state index in [1.54, 1.807) is 10.7 Å². The molecule has 0 saturated carbocycles. The van der Waals surface area contributed by atoms with E-state index in [9.17, 15) is 13.2 Å². The number of sulfone groups is 1. The fourth-order valence-electron chi connectivity index (χ4n) is 3.66. The summed E-state index contributed by atoms with van der Waals surface area (Å²) in [6, 6.07) is 15.5. The summed E-state index contributed by atoms with van der Waals surface area (Å²) in [7, 11) is -3.03. The number of amides is 1. The van der Waals surface area contributed by atoms with Gasteiger partial charge in [0.15, 0.2) is 9.84 Å². The Morgan fingerprint density at radius 3 is 2.78 bits per heavy atom. The topological polar surface area (TPSA) is 81.1 Å². The minimum atomic E-state index is -3.03. The maximum absolute atomic E-state index is 12.7. The highest BCUT2D eigenvalue weighted by Crippen LogP contribution is 2.27. The number of aryl methyl sites for hydroxylation is 1. The van der Waals surface area contributed by atoms with Crippen LogP contribution in [-0.4, -0.2) is 35.6 Å². The van der Waals surface area contributed by atoms with E-state index in [1.807, 2.05) is 49.4 Å². The number of fused-ring (bicyclic) bond motifs is 1. The molecular formula is C20H21N3O3S. The molecule has 1 amide bonds. The zero-order chi connectivity index (χ0) is 19.0. The van der Waals surface area contributed by atoms with Gasteiger partial charge in [0.25, 0.3) is 0 Å². The van der Waals surface area contributed by atoms with Gasteiger partial charge in [0.2, 0.25) is 5.91 Å². The molecule has 1 atom stereocenters. The van der Waals surface area contributed by atoms with Gasteiger partial charge in [-0.2, -0.15) is 5.10 Å². The van der Waals surface area contributed by atoms with Gasteiger partial charge in [-0.1, -0.05) is 42.5 Å². The highest BCUT2D eigenvalue weighted by atomic mass is 32.2. The molecule has 27 heavy (non-hydrogen) atoms. The average Bonchev–Trinajstić information content (AvgIpc) is 3.17. The summed E-state index contributed by atoms with van der Waals surface area (Å²) in [5.41, 5.74) is 1.71. The number of rotatable bonds is 4. The first-order valence-electron chi connectivity index (χ1n) is 8.94. The van der Waals surface area contributed by atoms with Crippen LogP contribution in [-0.2, 0) is 21.1 Å². The number of hydrogen-bond acceptors (Lipinski definition) is 4. The third-order valence-electron chi connectivity index (χ3n) is 4.91. The van der Waals surface area contributed by atoms with Crippen molar-refractivity contribution in [3.05, 3.63) is 59.8 Å². The van der Waals surface area contributed by atoms with Crippen LogP contribution in [0.2, 0.25) is 0 Å². The molecule has 4 rings (SSSR count). The normalized spacial score (nSPS) is 18.6. The first-order valence-corrected chi connectivity index (χ1v) is 10.8. The van der Waals surface area contributed by atoms with Crippen molar-refractivity contribution in [3.63, 3.8) is 0 Å². The third-order valence-corrected chi connectivity index (χ3v) is 6.66. The molecule has 2 heterocycles. The summed E-state index contributed by atoms with van der Waals surface area (Å²) < 4.78 is 25.2. The lowest BCUT2D eigenvalue weighted by molar-refractivity contribution is -0.115. The summed E-state index contributed by atoms with van der Waals surface area (Å²) in [6.07, 6.45) is 0.768. The maximum atomic E-state index is 12.7. The third kappa shape index (κ3) is 3.73. The molecule has 0 spiro atoms. The van der Waals surface area contributed by atoms with Gasteiger partial charge in [0.05, 0.1) is 29.7 Å². The molecule has 1 N–H and O–H groups in total. The van der Waals surface area contributed by atoms with Gasteiger partial charge in [-0.25, -0.2) is 13.1 Å². The largest absolute Gasteiger partial charge is 0.311 e. The van der Waals surface area contributed by atoms with Crippen LogP contribution in [0.4, 0.5) is 5.82 Å². The van der Waals surface area contributed by atoms with E-state index >= 15 is 0 Å². The molecule has 2 aromatic carbocycles. The lowest BCUT2D eigenvalue weighted by atomic mass is 10.0. The number of hydrogen-bond donors (Lipinski definition) is 1. The molecule has 1 saturated heterocycles. The predicted octanol–water partition coefficient (Wildman–Crippen LogP) is 2.89. The summed E-state index contributed by atoms with van der Waals surface area (Å²) >= 11 is 0. The van der Waals surface area contributed by atoms with Crippen molar-refractivity contribution >= 4 is 32.3 Å². The summed E-state index contributed by atoms with van der Waals surface area (Å²) in [6.45, 7) is 1.83. The Balaban J connectivity index is 1.55. The van der Waals surface area contributed by atoms with Crippen molar-refractivity contribution in [2.24, 2.45) is 0 Å². The van der Waals surface area contributed by atoms with Gasteiger partial charge < -0.3 is 5.32 Å². The van der Waals surface area contributed by atoms with Gasteiger partial charge in [-0.15, -0.1) is 0 Å². The minimum Gasteiger partial charge on any atom is -0.311 e. The molecule has 0 aliphatic carbocycles. The minimum absolute atomic E-state index is 0.0698. The van der Waals surface area contributed by atoms with E-state index in [0.717, 1.165) is 22.0 Å². The van der Waals surface area contributed by atoms with Crippen molar-refractivity contribution < 1.29 is 13.2 Å². The second kappa shape index (κ2) is 6.81. The van der Waals surface area contributed by atoms with E-state index in [0.29, 0.717) is 12.2 Å². The SMILES string of the molecule is Cc1cc(NC(=O)Cc2cccc3ccccc23)n(C2CCS(=O)(=O)C2)n1. The predicted molar refractivity (Wildman–Crippen MR) is 106 cm³/mol. The molecule has 1 fully saturated rings. The average molecular weight is 383 g/mol. The highest BCUT2D eigenvalue weighted by Gasteiger charge is 2.31. The van der Waals surface area contributed by atoms with Gasteiger partial charge in [-0.3, -0.25) is 4.79 Å². The molecule has 1 aliphatic rings. The van der Waals surface area contributed by atoms with E-state index < -0.39 is 9.84 Å². The first-order chi connectivity index (χ1) is 12.9. The smallest absolute Gasteiger partial charge is 0.229 e. The Morgan fingerprint density at radius 1 is 1.22 bits per heavy atom. The van der Waals surface area contributed by atoms with Crippen LogP contribution in [0.3, 0.4) is 0 Å². The second-order valence-electron chi connectivity index (χ2n) is 7.04. The van der Waals surface area contributed by atoms with E-state index in [4.69, 9.17) is 0 Å². The summed E-state index contributed by atoms with van der Waals surface area (Å²) in [5, 5.41) is 9.48. The number of nitrogens with zero attached hydrogens (tertiary/aromatic N) is 2. The Morgan fingerprint density at radius 2 is 2.00 bits per heavy atom. The molecule has 1 aromatic heterocycles. The molecule has 0 bridgehead atoms. The van der Waals surface area contributed by atoms with Crippen LogP contribution >= 0.6 is 0 Å². The van der Waals surface area contributed by atoms with Crippen LogP contribution in [0.5, 0.6) is 0 Å². The standard InChI is InChI=1S/C20H21N3O3S/c1-14-11-19(23(22-14)17-9-10-27(25,26)13-17)21-20(24)12-16-7-4-6-15-5-2-3-8-18(15)16/h2-8,11,17H,9-10,12-13H2,1H3,(H,21,24). The Bertz CT molecular complexity index is 1110. The zero-order valence-corrected chi connectivity index (χ0v) is 15.9. The number of nitrogens with one attached hydrogen (secondary N) is 1. The second-order valence-corrected chi connectivity index (χ2v) is 9.26. The Kier molecular flexibility index (Phi) is 4.47. The van der Waals surface area contributed by atoms with Crippen LogP contribution in [0.25, 0.3) is 10.8 Å². The number of anilines is 1. The van der Waals surface area contributed by atoms with Crippen molar-refractivity contribution in [3.8, 4) is 0 Å². The lowest BCUT2D eigenvalue weighted by Gasteiger charge is -2.14. The first kappa shape index (κ1) is 17.7. The van der Waals surface area contributed by atoms with E-state index in [1.165, 1.54) is 0 Å². The van der Waals surface area contributed by atoms with Gasteiger partial charge in [0, 0.05) is 6.07 Å². The van der Waals surface area contributed by atoms with Gasteiger partial charge >= 0.3 is 0 Å². The number of aromatic nitrogens is 2. The molecule has 1 aliphatic heterocycles. The Hall–Kier alpha value is -2.67.